The quantitative estimate of drug-likeness (QED) is 0.744. The van der Waals surface area contributed by atoms with Crippen LogP contribution in [0.4, 0.5) is 0 Å². The van der Waals surface area contributed by atoms with Crippen molar-refractivity contribution in [3.63, 3.8) is 0 Å². The minimum atomic E-state index is 0.791. The minimum Gasteiger partial charge on any atom is -0.315 e. The fraction of sp³-hybridized carbons (Fsp3) is 0.615. The molecule has 17 heavy (non-hydrogen) atoms. The van der Waals surface area contributed by atoms with Gasteiger partial charge < -0.3 is 4.57 Å². The largest absolute Gasteiger partial charge is 0.315 e. The molecule has 0 amide bonds. The normalized spacial score (nSPS) is 11.5. The molecule has 0 fully saturated rings. The van der Waals surface area contributed by atoms with Crippen LogP contribution in [0.3, 0.4) is 0 Å². The van der Waals surface area contributed by atoms with E-state index < -0.39 is 0 Å². The maximum atomic E-state index is 4.37. The van der Waals surface area contributed by atoms with E-state index in [9.17, 15) is 0 Å². The highest BCUT2D eigenvalue weighted by Gasteiger charge is 2.06. The van der Waals surface area contributed by atoms with Gasteiger partial charge in [-0.25, -0.2) is 15.0 Å². The standard InChI is InChI=1S/C13H20N4/c1-10(2)6-4-5-7-17-9-16-12-11(3)14-8-15-13(12)17/h8-10H,4-7H2,1-3H3. The molecular formula is C13H20N4. The second-order valence-electron chi connectivity index (χ2n) is 4.96. The van der Waals surface area contributed by atoms with Crippen molar-refractivity contribution < 1.29 is 0 Å². The van der Waals surface area contributed by atoms with Crippen molar-refractivity contribution in [2.45, 2.75) is 46.6 Å². The molecule has 0 N–H and O–H groups in total. The molecule has 0 saturated heterocycles. The Morgan fingerprint density at radius 1 is 1.18 bits per heavy atom. The smallest absolute Gasteiger partial charge is 0.163 e. The molecule has 0 aliphatic carbocycles. The van der Waals surface area contributed by atoms with E-state index in [0.717, 1.165) is 29.3 Å². The predicted molar refractivity (Wildman–Crippen MR) is 68.7 cm³/mol. The first kappa shape index (κ1) is 12.0. The Morgan fingerprint density at radius 3 is 2.76 bits per heavy atom. The van der Waals surface area contributed by atoms with Crippen LogP contribution in [-0.2, 0) is 6.54 Å². The van der Waals surface area contributed by atoms with Gasteiger partial charge in [0.25, 0.3) is 0 Å². The van der Waals surface area contributed by atoms with Gasteiger partial charge in [0.05, 0.1) is 12.0 Å². The molecule has 0 saturated carbocycles. The van der Waals surface area contributed by atoms with Crippen molar-refractivity contribution in [2.75, 3.05) is 0 Å². The number of aromatic nitrogens is 4. The highest BCUT2D eigenvalue weighted by Crippen LogP contribution is 2.13. The van der Waals surface area contributed by atoms with Crippen molar-refractivity contribution in [1.29, 1.82) is 0 Å². The van der Waals surface area contributed by atoms with Gasteiger partial charge in [0.1, 0.15) is 11.8 Å². The van der Waals surface area contributed by atoms with E-state index in [1.807, 2.05) is 13.3 Å². The SMILES string of the molecule is Cc1ncnc2c1ncn2CCCCC(C)C. The van der Waals surface area contributed by atoms with E-state index in [-0.39, 0.29) is 0 Å². The van der Waals surface area contributed by atoms with Gasteiger partial charge in [0, 0.05) is 6.54 Å². The van der Waals surface area contributed by atoms with E-state index in [2.05, 4.69) is 33.4 Å². The summed E-state index contributed by atoms with van der Waals surface area (Å²) in [7, 11) is 0. The maximum Gasteiger partial charge on any atom is 0.163 e. The average Bonchev–Trinajstić information content (AvgIpc) is 2.69. The molecule has 0 aliphatic heterocycles. The maximum absolute atomic E-state index is 4.37. The summed E-state index contributed by atoms with van der Waals surface area (Å²) >= 11 is 0. The van der Waals surface area contributed by atoms with Gasteiger partial charge in [-0.2, -0.15) is 0 Å². The lowest BCUT2D eigenvalue weighted by Crippen LogP contribution is -1.99. The molecule has 0 unspecified atom stereocenters. The number of imidazole rings is 1. The van der Waals surface area contributed by atoms with Crippen LogP contribution >= 0.6 is 0 Å². The summed E-state index contributed by atoms with van der Waals surface area (Å²) < 4.78 is 2.13. The molecule has 92 valence electrons. The fourth-order valence-electron chi connectivity index (χ4n) is 2.00. The molecule has 0 spiro atoms. The molecule has 0 aromatic carbocycles. The zero-order valence-electron chi connectivity index (χ0n) is 10.8. The third kappa shape index (κ3) is 2.81. The highest BCUT2D eigenvalue weighted by molar-refractivity contribution is 5.72. The molecule has 4 heteroatoms. The molecule has 2 aromatic rings. The molecule has 0 atom stereocenters. The Morgan fingerprint density at radius 2 is 2.00 bits per heavy atom. The van der Waals surface area contributed by atoms with Gasteiger partial charge in [-0.05, 0) is 19.3 Å². The van der Waals surface area contributed by atoms with Crippen LogP contribution in [0.5, 0.6) is 0 Å². The molecule has 0 radical (unpaired) electrons. The molecule has 2 aromatic heterocycles. The van der Waals surface area contributed by atoms with Crippen molar-refractivity contribution in [2.24, 2.45) is 5.92 Å². The van der Waals surface area contributed by atoms with Gasteiger partial charge in [-0.1, -0.05) is 26.7 Å². The van der Waals surface area contributed by atoms with Gasteiger partial charge in [-0.3, -0.25) is 0 Å². The van der Waals surface area contributed by atoms with Gasteiger partial charge in [-0.15, -0.1) is 0 Å². The third-order valence-electron chi connectivity index (χ3n) is 3.01. The Kier molecular flexibility index (Phi) is 3.71. The van der Waals surface area contributed by atoms with Crippen molar-refractivity contribution in [3.05, 3.63) is 18.3 Å². The lowest BCUT2D eigenvalue weighted by molar-refractivity contribution is 0.512. The Labute approximate surface area is 102 Å². The lowest BCUT2D eigenvalue weighted by atomic mass is 10.1. The van der Waals surface area contributed by atoms with Crippen LogP contribution < -0.4 is 0 Å². The van der Waals surface area contributed by atoms with Crippen LogP contribution in [0, 0.1) is 12.8 Å². The third-order valence-corrected chi connectivity index (χ3v) is 3.01. The Balaban J connectivity index is 2.02. The van der Waals surface area contributed by atoms with Crippen LogP contribution in [-0.4, -0.2) is 19.5 Å². The number of rotatable bonds is 5. The summed E-state index contributed by atoms with van der Waals surface area (Å²) in [5.74, 6) is 0.791. The van der Waals surface area contributed by atoms with Crippen LogP contribution in [0.15, 0.2) is 12.7 Å². The first-order valence-corrected chi connectivity index (χ1v) is 6.31. The van der Waals surface area contributed by atoms with Crippen LogP contribution in [0.2, 0.25) is 0 Å². The first-order chi connectivity index (χ1) is 8.18. The Hall–Kier alpha value is -1.45. The average molecular weight is 232 g/mol. The van der Waals surface area contributed by atoms with Crippen LogP contribution in [0.1, 0.15) is 38.8 Å². The summed E-state index contributed by atoms with van der Waals surface area (Å²) in [5.41, 5.74) is 2.84. The molecule has 0 aliphatic rings. The number of unbranched alkanes of at least 4 members (excludes halogenated alkanes) is 1. The fourth-order valence-corrected chi connectivity index (χ4v) is 2.00. The van der Waals surface area contributed by atoms with E-state index in [1.54, 1.807) is 6.33 Å². The zero-order valence-corrected chi connectivity index (χ0v) is 10.8. The Bertz CT molecular complexity index is 487. The number of hydrogen-bond acceptors (Lipinski definition) is 3. The number of fused-ring (bicyclic) bond motifs is 1. The number of nitrogens with zero attached hydrogens (tertiary/aromatic N) is 4. The highest BCUT2D eigenvalue weighted by atomic mass is 15.1. The summed E-state index contributed by atoms with van der Waals surface area (Å²) in [6.07, 6.45) is 7.24. The summed E-state index contributed by atoms with van der Waals surface area (Å²) in [6, 6.07) is 0. The first-order valence-electron chi connectivity index (χ1n) is 6.31. The topological polar surface area (TPSA) is 43.6 Å². The molecule has 0 bridgehead atoms. The second-order valence-corrected chi connectivity index (χ2v) is 4.96. The molecular weight excluding hydrogens is 212 g/mol. The molecule has 2 rings (SSSR count). The number of aryl methyl sites for hydroxylation is 2. The van der Waals surface area contributed by atoms with Crippen LogP contribution in [0.25, 0.3) is 11.2 Å². The molecule has 4 nitrogen and oxygen atoms in total. The van der Waals surface area contributed by atoms with Gasteiger partial charge in [0.2, 0.25) is 0 Å². The van der Waals surface area contributed by atoms with Crippen molar-refractivity contribution >= 4 is 11.2 Å². The van der Waals surface area contributed by atoms with E-state index in [4.69, 9.17) is 0 Å². The molecule has 2 heterocycles. The van der Waals surface area contributed by atoms with Gasteiger partial charge in [0.15, 0.2) is 5.65 Å². The minimum absolute atomic E-state index is 0.791. The van der Waals surface area contributed by atoms with E-state index in [1.165, 1.54) is 19.3 Å². The van der Waals surface area contributed by atoms with Gasteiger partial charge >= 0.3 is 0 Å². The summed E-state index contributed by atoms with van der Waals surface area (Å²) in [4.78, 5) is 12.8. The zero-order chi connectivity index (χ0) is 12.3. The summed E-state index contributed by atoms with van der Waals surface area (Å²) in [5, 5.41) is 0. The second kappa shape index (κ2) is 5.25. The predicted octanol–water partition coefficient (Wildman–Crippen LogP) is 2.96. The summed E-state index contributed by atoms with van der Waals surface area (Å²) in [6.45, 7) is 7.51. The van der Waals surface area contributed by atoms with E-state index >= 15 is 0 Å². The van der Waals surface area contributed by atoms with E-state index in [0.29, 0.717) is 0 Å². The number of hydrogen-bond donors (Lipinski definition) is 0. The monoisotopic (exact) mass is 232 g/mol. The lowest BCUT2D eigenvalue weighted by Gasteiger charge is -2.05. The van der Waals surface area contributed by atoms with Crippen molar-refractivity contribution in [3.8, 4) is 0 Å². The van der Waals surface area contributed by atoms with Crippen molar-refractivity contribution in [1.82, 2.24) is 19.5 Å².